The van der Waals surface area contributed by atoms with Crippen LogP contribution in [0.2, 0.25) is 0 Å². The van der Waals surface area contributed by atoms with E-state index in [1.807, 2.05) is 21.1 Å². The van der Waals surface area contributed by atoms with Crippen molar-refractivity contribution in [3.8, 4) is 0 Å². The number of allylic oxidation sites excluding steroid dienone is 16. The van der Waals surface area contributed by atoms with Gasteiger partial charge in [0.1, 0.15) is 6.61 Å². The molecule has 0 aliphatic carbocycles. The van der Waals surface area contributed by atoms with Gasteiger partial charge in [-0.3, -0.25) is 9.59 Å². The van der Waals surface area contributed by atoms with Crippen molar-refractivity contribution in [2.24, 2.45) is 0 Å². The molecule has 0 rings (SSSR count). The van der Waals surface area contributed by atoms with Gasteiger partial charge in [-0.05, 0) is 83.5 Å². The summed E-state index contributed by atoms with van der Waals surface area (Å²) in [7, 11) is 5.49. The van der Waals surface area contributed by atoms with Crippen LogP contribution in [0.15, 0.2) is 97.2 Å². The summed E-state index contributed by atoms with van der Waals surface area (Å²) in [5.41, 5.74) is 0. The molecular weight excluding hydrogens is 715 g/mol. The van der Waals surface area contributed by atoms with E-state index in [0.717, 1.165) is 89.9 Å². The van der Waals surface area contributed by atoms with Gasteiger partial charge in [0, 0.05) is 19.3 Å². The maximum atomic E-state index is 12.7. The molecule has 0 aliphatic heterocycles. The van der Waals surface area contributed by atoms with Crippen molar-refractivity contribution in [3.05, 3.63) is 97.2 Å². The second kappa shape index (κ2) is 39.1. The minimum absolute atomic E-state index is 0.0326. The third kappa shape index (κ3) is 37.6. The fourth-order valence-electron chi connectivity index (χ4n) is 5.67. The van der Waals surface area contributed by atoms with E-state index in [-0.39, 0.29) is 42.7 Å². The van der Waals surface area contributed by atoms with E-state index in [2.05, 4.69) is 111 Å². The predicted molar refractivity (Wildman–Crippen MR) is 238 cm³/mol. The van der Waals surface area contributed by atoms with Crippen LogP contribution in [-0.2, 0) is 28.6 Å². The average Bonchev–Trinajstić information content (AvgIpc) is 3.17. The second-order valence-corrected chi connectivity index (χ2v) is 15.2. The lowest BCUT2D eigenvalue weighted by Gasteiger charge is -2.31. The molecule has 8 nitrogen and oxygen atoms in total. The normalized spacial score (nSPS) is 13.9. The van der Waals surface area contributed by atoms with Gasteiger partial charge in [-0.2, -0.15) is 0 Å². The van der Waals surface area contributed by atoms with Crippen LogP contribution >= 0.6 is 0 Å². The van der Waals surface area contributed by atoms with Crippen LogP contribution in [0.5, 0.6) is 0 Å². The summed E-state index contributed by atoms with van der Waals surface area (Å²) in [5, 5.41) is 9.61. The van der Waals surface area contributed by atoms with Crippen molar-refractivity contribution in [2.75, 3.05) is 41.0 Å². The van der Waals surface area contributed by atoms with Gasteiger partial charge in [-0.15, -0.1) is 0 Å². The summed E-state index contributed by atoms with van der Waals surface area (Å²) >= 11 is 0. The Balaban J connectivity index is 4.40. The molecule has 57 heavy (non-hydrogen) atoms. The molecule has 8 heteroatoms. The van der Waals surface area contributed by atoms with Crippen molar-refractivity contribution in [2.45, 2.75) is 154 Å². The Kier molecular flexibility index (Phi) is 36.5. The standard InChI is InChI=1S/C49H79NO7/c1-6-8-10-12-14-16-18-19-20-21-22-23-24-25-26-27-28-30-32-34-36-38-40-48(52)57-45(43-55-42-41-46(49(53)54)50(3,4)5)44-56-47(51)39-37-35-33-31-29-17-15-13-11-9-7-2/h8-11,14-17,19-20,22-23,25-26,31,33,45-46H,6-7,12-13,18,21,24,27-30,32,34-44H2,1-5H3/p+1/b10-8+,11-9+,16-14+,17-15+,20-19+,23-22+,26-25+,33-31+. The number of rotatable bonds is 37. The van der Waals surface area contributed by atoms with Gasteiger partial charge in [0.05, 0.1) is 34.4 Å². The Morgan fingerprint density at radius 3 is 1.42 bits per heavy atom. The summed E-state index contributed by atoms with van der Waals surface area (Å²) in [6, 6.07) is -0.630. The lowest BCUT2D eigenvalue weighted by molar-refractivity contribution is -0.887. The molecule has 0 fully saturated rings. The molecule has 0 amide bonds. The highest BCUT2D eigenvalue weighted by Crippen LogP contribution is 2.12. The first kappa shape index (κ1) is 53.2. The summed E-state index contributed by atoms with van der Waals surface area (Å²) in [6.45, 7) is 4.40. The third-order valence-corrected chi connectivity index (χ3v) is 8.98. The van der Waals surface area contributed by atoms with Gasteiger partial charge in [-0.25, -0.2) is 4.79 Å². The summed E-state index contributed by atoms with van der Waals surface area (Å²) in [4.78, 5) is 36.9. The fourth-order valence-corrected chi connectivity index (χ4v) is 5.67. The number of carboxylic acids is 1. The lowest BCUT2D eigenvalue weighted by atomic mass is 10.1. The van der Waals surface area contributed by atoms with E-state index >= 15 is 0 Å². The van der Waals surface area contributed by atoms with Crippen molar-refractivity contribution < 1.29 is 38.2 Å². The van der Waals surface area contributed by atoms with Crippen LogP contribution in [0.25, 0.3) is 0 Å². The number of nitrogens with zero attached hydrogens (tertiary/aromatic N) is 1. The molecular formula is C49H80NO7+. The number of carbonyl (C=O) groups excluding carboxylic acids is 2. The van der Waals surface area contributed by atoms with E-state index in [1.54, 1.807) is 0 Å². The molecule has 0 radical (unpaired) electrons. The molecule has 322 valence electrons. The largest absolute Gasteiger partial charge is 0.477 e. The van der Waals surface area contributed by atoms with Gasteiger partial charge in [-0.1, -0.05) is 137 Å². The molecule has 0 saturated heterocycles. The van der Waals surface area contributed by atoms with Crippen LogP contribution in [0, 0.1) is 0 Å². The molecule has 0 aromatic rings. The van der Waals surface area contributed by atoms with Crippen LogP contribution in [-0.4, -0.2) is 80.6 Å². The molecule has 0 aromatic heterocycles. The van der Waals surface area contributed by atoms with Crippen LogP contribution < -0.4 is 0 Å². The molecule has 0 aromatic carbocycles. The zero-order valence-corrected chi connectivity index (χ0v) is 36.5. The topological polar surface area (TPSA) is 99.1 Å². The number of quaternary nitrogens is 1. The molecule has 2 atom stereocenters. The van der Waals surface area contributed by atoms with Crippen molar-refractivity contribution in [1.82, 2.24) is 0 Å². The number of aliphatic carboxylic acids is 1. The van der Waals surface area contributed by atoms with Gasteiger partial charge in [0.25, 0.3) is 0 Å². The van der Waals surface area contributed by atoms with E-state index in [4.69, 9.17) is 14.2 Å². The van der Waals surface area contributed by atoms with E-state index in [9.17, 15) is 19.5 Å². The van der Waals surface area contributed by atoms with Crippen molar-refractivity contribution in [1.29, 1.82) is 0 Å². The number of esters is 2. The lowest BCUT2D eigenvalue weighted by Crippen LogP contribution is -2.50. The summed E-state index contributed by atoms with van der Waals surface area (Å²) < 4.78 is 17.2. The number of hydrogen-bond acceptors (Lipinski definition) is 6. The minimum Gasteiger partial charge on any atom is -0.477 e. The Morgan fingerprint density at radius 1 is 0.526 bits per heavy atom. The quantitative estimate of drug-likeness (QED) is 0.0289. The second-order valence-electron chi connectivity index (χ2n) is 15.2. The van der Waals surface area contributed by atoms with Crippen LogP contribution in [0.3, 0.4) is 0 Å². The first-order valence-electron chi connectivity index (χ1n) is 21.8. The average molecular weight is 795 g/mol. The first-order chi connectivity index (χ1) is 27.6. The molecule has 2 unspecified atom stereocenters. The minimum atomic E-state index is -0.889. The molecule has 1 N–H and O–H groups in total. The van der Waals surface area contributed by atoms with Crippen molar-refractivity contribution in [3.63, 3.8) is 0 Å². The number of hydrogen-bond donors (Lipinski definition) is 1. The molecule has 0 spiro atoms. The van der Waals surface area contributed by atoms with E-state index in [0.29, 0.717) is 19.3 Å². The van der Waals surface area contributed by atoms with Gasteiger partial charge in [0.15, 0.2) is 12.1 Å². The SMILES string of the molecule is CC/C=C/C/C=C/C/C=C/C/C=C/C/C=C/CCCCCCCCC(=O)OC(COCCC(C(=O)O)[N+](C)(C)C)COC(=O)CCC/C=C/C/C=C/C/C=C/CC. The monoisotopic (exact) mass is 795 g/mol. The van der Waals surface area contributed by atoms with E-state index < -0.39 is 18.1 Å². The molecule has 0 aliphatic rings. The Bertz CT molecular complexity index is 1250. The number of carboxylic acid groups (broad SMARTS) is 1. The Morgan fingerprint density at radius 2 is 0.947 bits per heavy atom. The number of unbranched alkanes of at least 4 members (excludes halogenated alkanes) is 7. The molecule has 0 heterocycles. The number of carbonyl (C=O) groups is 3. The summed E-state index contributed by atoms with van der Waals surface area (Å²) in [5.74, 6) is -1.57. The van der Waals surface area contributed by atoms with Crippen LogP contribution in [0.4, 0.5) is 0 Å². The number of likely N-dealkylation sites (N-methyl/N-ethyl adjacent to an activating group) is 1. The molecule has 0 bridgehead atoms. The van der Waals surface area contributed by atoms with Crippen LogP contribution in [0.1, 0.15) is 142 Å². The zero-order valence-electron chi connectivity index (χ0n) is 36.5. The predicted octanol–water partition coefficient (Wildman–Crippen LogP) is 11.9. The fraction of sp³-hybridized carbons (Fsp3) is 0.612. The number of ether oxygens (including phenoxy) is 3. The molecule has 0 saturated carbocycles. The highest BCUT2D eigenvalue weighted by molar-refractivity contribution is 5.72. The van der Waals surface area contributed by atoms with E-state index in [1.165, 1.54) is 12.8 Å². The summed E-state index contributed by atoms with van der Waals surface area (Å²) in [6.07, 6.45) is 51.8. The van der Waals surface area contributed by atoms with Gasteiger partial charge >= 0.3 is 17.9 Å². The zero-order chi connectivity index (χ0) is 42.1. The smallest absolute Gasteiger partial charge is 0.362 e. The Labute approximate surface area is 347 Å². The third-order valence-electron chi connectivity index (χ3n) is 8.98. The highest BCUT2D eigenvalue weighted by atomic mass is 16.6. The first-order valence-corrected chi connectivity index (χ1v) is 21.8. The maximum absolute atomic E-state index is 12.7. The maximum Gasteiger partial charge on any atom is 0.362 e. The van der Waals surface area contributed by atoms with Crippen molar-refractivity contribution >= 4 is 17.9 Å². The van der Waals surface area contributed by atoms with Gasteiger partial charge in [0.2, 0.25) is 0 Å². The van der Waals surface area contributed by atoms with Gasteiger partial charge < -0.3 is 23.8 Å². The Hall–Kier alpha value is -3.75. The highest BCUT2D eigenvalue weighted by Gasteiger charge is 2.31.